The van der Waals surface area contributed by atoms with E-state index in [9.17, 15) is 13.2 Å². The number of benzene rings is 2. The number of sulfonamides is 1. The molecule has 0 atom stereocenters. The van der Waals surface area contributed by atoms with Gasteiger partial charge in [0.1, 0.15) is 11.5 Å². The summed E-state index contributed by atoms with van der Waals surface area (Å²) in [5, 5.41) is 11.2. The fraction of sp³-hybridized carbons (Fsp3) is 0.0714. The lowest BCUT2D eigenvalue weighted by molar-refractivity contribution is -0.118. The quantitative estimate of drug-likeness (QED) is 0.694. The summed E-state index contributed by atoms with van der Waals surface area (Å²) in [7, 11) is -3.88. The third kappa shape index (κ3) is 4.68. The van der Waals surface area contributed by atoms with Crippen LogP contribution in [0.5, 0.6) is 0 Å². The second-order valence-corrected chi connectivity index (χ2v) is 7.44. The molecular weight excluding hydrogens is 408 g/mol. The number of aliphatic hydroxyl groups is 1. The number of halogens is 2. The van der Waals surface area contributed by atoms with Gasteiger partial charge in [-0.15, -0.1) is 0 Å². The maximum atomic E-state index is 12.4. The Balaban J connectivity index is 2.27. The van der Waals surface area contributed by atoms with Gasteiger partial charge < -0.3 is 10.4 Å². The molecule has 0 saturated heterocycles. The van der Waals surface area contributed by atoms with Gasteiger partial charge in [-0.2, -0.15) is 0 Å². The largest absolute Gasteiger partial charge is 0.387 e. The van der Waals surface area contributed by atoms with E-state index >= 15 is 0 Å². The van der Waals surface area contributed by atoms with Crippen LogP contribution in [0.1, 0.15) is 0 Å². The van der Waals surface area contributed by atoms with Crippen molar-refractivity contribution < 1.29 is 18.3 Å². The van der Waals surface area contributed by atoms with Crippen LogP contribution in [0.3, 0.4) is 0 Å². The summed E-state index contributed by atoms with van der Waals surface area (Å²) in [6.07, 6.45) is 0. The van der Waals surface area contributed by atoms with Crippen molar-refractivity contribution in [2.75, 3.05) is 16.6 Å². The smallest absolute Gasteiger partial charge is 0.263 e. The SMILES string of the molecule is O=C(CO)Nc1cccc(NS(=O)(=O)c2ccc(Br)cc2Cl)c1. The molecule has 9 heteroatoms. The summed E-state index contributed by atoms with van der Waals surface area (Å²) in [6, 6.07) is 10.5. The molecule has 0 bridgehead atoms. The number of carbonyl (C=O) groups is 1. The minimum absolute atomic E-state index is 0.0628. The highest BCUT2D eigenvalue weighted by molar-refractivity contribution is 9.10. The zero-order valence-corrected chi connectivity index (χ0v) is 14.7. The number of rotatable bonds is 5. The Morgan fingerprint density at radius 1 is 1.17 bits per heavy atom. The summed E-state index contributed by atoms with van der Waals surface area (Å²) in [5.74, 6) is -0.596. The Morgan fingerprint density at radius 2 is 1.87 bits per heavy atom. The second-order valence-electron chi connectivity index (χ2n) is 4.47. The molecule has 0 aliphatic rings. The van der Waals surface area contributed by atoms with Crippen LogP contribution in [-0.2, 0) is 14.8 Å². The molecule has 23 heavy (non-hydrogen) atoms. The van der Waals surface area contributed by atoms with Crippen molar-refractivity contribution in [1.82, 2.24) is 0 Å². The summed E-state index contributed by atoms with van der Waals surface area (Å²) < 4.78 is 27.8. The molecule has 0 saturated carbocycles. The molecule has 2 aromatic carbocycles. The Hall–Kier alpha value is -1.61. The number of nitrogens with one attached hydrogen (secondary N) is 2. The Bertz CT molecular complexity index is 842. The first kappa shape index (κ1) is 17.7. The molecule has 1 amide bonds. The van der Waals surface area contributed by atoms with Gasteiger partial charge >= 0.3 is 0 Å². The van der Waals surface area contributed by atoms with E-state index in [1.807, 2.05) is 0 Å². The molecule has 3 N–H and O–H groups in total. The molecule has 2 aromatic rings. The molecule has 0 aliphatic carbocycles. The molecule has 6 nitrogen and oxygen atoms in total. The number of carbonyl (C=O) groups excluding carboxylic acids is 1. The van der Waals surface area contributed by atoms with Crippen LogP contribution in [0.4, 0.5) is 11.4 Å². The first-order chi connectivity index (χ1) is 10.8. The molecule has 0 radical (unpaired) electrons. The highest BCUT2D eigenvalue weighted by atomic mass is 79.9. The summed E-state index contributed by atoms with van der Waals surface area (Å²) in [5.41, 5.74) is 0.603. The van der Waals surface area contributed by atoms with Crippen LogP contribution in [0.25, 0.3) is 0 Å². The number of amides is 1. The summed E-state index contributed by atoms with van der Waals surface area (Å²) in [6.45, 7) is -0.662. The summed E-state index contributed by atoms with van der Waals surface area (Å²) in [4.78, 5) is 11.1. The standard InChI is InChI=1S/C14H12BrClN2O4S/c15-9-4-5-13(12(16)6-9)23(21,22)18-11-3-1-2-10(7-11)17-14(20)8-19/h1-7,18-19H,8H2,(H,17,20). The molecule has 0 heterocycles. The van der Waals surface area contributed by atoms with Crippen LogP contribution in [-0.4, -0.2) is 26.0 Å². The van der Waals surface area contributed by atoms with Gasteiger partial charge in [0.05, 0.1) is 10.7 Å². The van der Waals surface area contributed by atoms with Crippen molar-refractivity contribution in [3.63, 3.8) is 0 Å². The van der Waals surface area contributed by atoms with Gasteiger partial charge in [0.25, 0.3) is 10.0 Å². The molecule has 0 aliphatic heterocycles. The van der Waals surface area contributed by atoms with Gasteiger partial charge in [-0.3, -0.25) is 9.52 Å². The zero-order valence-electron chi connectivity index (χ0n) is 11.6. The van der Waals surface area contributed by atoms with Crippen molar-refractivity contribution in [3.05, 3.63) is 52.0 Å². The van der Waals surface area contributed by atoms with E-state index in [4.69, 9.17) is 16.7 Å². The fourth-order valence-corrected chi connectivity index (χ4v) is 3.85. The minimum Gasteiger partial charge on any atom is -0.387 e. The molecule has 0 aromatic heterocycles. The third-order valence-corrected chi connectivity index (χ3v) is 5.08. The van der Waals surface area contributed by atoms with Gasteiger partial charge in [-0.25, -0.2) is 8.42 Å². The van der Waals surface area contributed by atoms with Gasteiger partial charge in [-0.1, -0.05) is 33.6 Å². The maximum Gasteiger partial charge on any atom is 0.263 e. The number of hydrogen-bond donors (Lipinski definition) is 3. The number of hydrogen-bond acceptors (Lipinski definition) is 4. The van der Waals surface area contributed by atoms with Crippen molar-refractivity contribution >= 4 is 54.8 Å². The van der Waals surface area contributed by atoms with E-state index in [1.165, 1.54) is 24.3 Å². The predicted octanol–water partition coefficient (Wildman–Crippen LogP) is 2.83. The zero-order chi connectivity index (χ0) is 17.0. The molecule has 122 valence electrons. The Morgan fingerprint density at radius 3 is 2.52 bits per heavy atom. The third-order valence-electron chi connectivity index (χ3n) is 2.73. The first-order valence-corrected chi connectivity index (χ1v) is 8.96. The average molecular weight is 420 g/mol. The van der Waals surface area contributed by atoms with E-state index < -0.39 is 22.5 Å². The van der Waals surface area contributed by atoms with Crippen LogP contribution in [0.2, 0.25) is 5.02 Å². The van der Waals surface area contributed by atoms with Crippen molar-refractivity contribution in [2.24, 2.45) is 0 Å². The lowest BCUT2D eigenvalue weighted by atomic mass is 10.3. The first-order valence-electron chi connectivity index (χ1n) is 6.30. The average Bonchev–Trinajstić information content (AvgIpc) is 2.46. The molecule has 0 unspecified atom stereocenters. The van der Waals surface area contributed by atoms with Crippen LogP contribution < -0.4 is 10.0 Å². The van der Waals surface area contributed by atoms with Crippen molar-refractivity contribution in [2.45, 2.75) is 4.90 Å². The van der Waals surface area contributed by atoms with Crippen LogP contribution in [0, 0.1) is 0 Å². The van der Waals surface area contributed by atoms with Crippen molar-refractivity contribution in [3.8, 4) is 0 Å². The van der Waals surface area contributed by atoms with Gasteiger partial charge in [0.2, 0.25) is 5.91 Å². The molecule has 0 spiro atoms. The highest BCUT2D eigenvalue weighted by Crippen LogP contribution is 2.27. The summed E-state index contributed by atoms with van der Waals surface area (Å²) >= 11 is 9.17. The number of aliphatic hydroxyl groups excluding tert-OH is 1. The minimum atomic E-state index is -3.88. The van der Waals surface area contributed by atoms with E-state index in [2.05, 4.69) is 26.0 Å². The van der Waals surface area contributed by atoms with E-state index in [1.54, 1.807) is 18.2 Å². The maximum absolute atomic E-state index is 12.4. The van der Waals surface area contributed by atoms with Gasteiger partial charge in [0.15, 0.2) is 0 Å². The second kappa shape index (κ2) is 7.31. The van der Waals surface area contributed by atoms with Gasteiger partial charge in [-0.05, 0) is 36.4 Å². The topological polar surface area (TPSA) is 95.5 Å². The van der Waals surface area contributed by atoms with Crippen LogP contribution in [0.15, 0.2) is 51.8 Å². The molecule has 0 fully saturated rings. The highest BCUT2D eigenvalue weighted by Gasteiger charge is 2.18. The fourth-order valence-electron chi connectivity index (χ4n) is 1.76. The Labute approximate surface area is 146 Å². The molecule has 2 rings (SSSR count). The monoisotopic (exact) mass is 418 g/mol. The lowest BCUT2D eigenvalue weighted by Crippen LogP contribution is -2.16. The van der Waals surface area contributed by atoms with Crippen LogP contribution >= 0.6 is 27.5 Å². The number of anilines is 2. The van der Waals surface area contributed by atoms with E-state index in [0.29, 0.717) is 10.2 Å². The molecular formula is C14H12BrClN2O4S. The van der Waals surface area contributed by atoms with Gasteiger partial charge in [0, 0.05) is 10.2 Å². The predicted molar refractivity (Wildman–Crippen MR) is 92.1 cm³/mol. The lowest BCUT2D eigenvalue weighted by Gasteiger charge is -2.11. The van der Waals surface area contributed by atoms with E-state index in [-0.39, 0.29) is 15.6 Å². The van der Waals surface area contributed by atoms with Crippen molar-refractivity contribution in [1.29, 1.82) is 0 Å². The Kier molecular flexibility index (Phi) is 5.64. The normalized spacial score (nSPS) is 11.1. The van der Waals surface area contributed by atoms with E-state index in [0.717, 1.165) is 0 Å².